The smallest absolute Gasteiger partial charge is 0.135 e. The van der Waals surface area contributed by atoms with Gasteiger partial charge in [-0.3, -0.25) is 0 Å². The van der Waals surface area contributed by atoms with Gasteiger partial charge in [0.1, 0.15) is 23.7 Å². The average Bonchev–Trinajstić information content (AvgIpc) is 2.62. The van der Waals surface area contributed by atoms with Crippen molar-refractivity contribution in [3.63, 3.8) is 0 Å². The predicted octanol–water partition coefficient (Wildman–Crippen LogP) is 4.62. The molecule has 3 rings (SSSR count). The van der Waals surface area contributed by atoms with E-state index in [4.69, 9.17) is 4.74 Å². The van der Waals surface area contributed by atoms with Gasteiger partial charge in [-0.05, 0) is 43.7 Å². The van der Waals surface area contributed by atoms with Crippen LogP contribution in [0.2, 0.25) is 0 Å². The van der Waals surface area contributed by atoms with Crippen LogP contribution in [-0.4, -0.2) is 16.1 Å². The van der Waals surface area contributed by atoms with Crippen molar-refractivity contribution in [3.05, 3.63) is 72.6 Å². The molecule has 1 aromatic heterocycles. The fourth-order valence-corrected chi connectivity index (χ4v) is 2.35. The summed E-state index contributed by atoms with van der Waals surface area (Å²) in [5, 5.41) is 6.58. The summed E-state index contributed by atoms with van der Waals surface area (Å²) in [6.45, 7) is 4.74. The third kappa shape index (κ3) is 5.21. The Morgan fingerprint density at radius 3 is 2.36 bits per heavy atom. The van der Waals surface area contributed by atoms with Crippen LogP contribution in [0.3, 0.4) is 0 Å². The van der Waals surface area contributed by atoms with Gasteiger partial charge in [0.15, 0.2) is 0 Å². The number of ether oxygens (including phenoxy) is 1. The summed E-state index contributed by atoms with van der Waals surface area (Å²) in [4.78, 5) is 8.53. The van der Waals surface area contributed by atoms with E-state index >= 15 is 0 Å². The quantitative estimate of drug-likeness (QED) is 0.660. The number of hydrogen-bond acceptors (Lipinski definition) is 5. The Labute approximate surface area is 148 Å². The van der Waals surface area contributed by atoms with E-state index in [1.165, 1.54) is 5.56 Å². The molecule has 128 valence electrons. The topological polar surface area (TPSA) is 59.1 Å². The van der Waals surface area contributed by atoms with Gasteiger partial charge < -0.3 is 15.4 Å². The van der Waals surface area contributed by atoms with Crippen LogP contribution in [0.15, 0.2) is 67.0 Å². The molecule has 0 aliphatic carbocycles. The zero-order valence-electron chi connectivity index (χ0n) is 14.4. The molecule has 0 aliphatic heterocycles. The molecule has 1 heterocycles. The lowest BCUT2D eigenvalue weighted by Gasteiger charge is -2.11. The highest BCUT2D eigenvalue weighted by Gasteiger charge is 2.02. The lowest BCUT2D eigenvalue weighted by atomic mass is 10.2. The standard InChI is InChI=1S/C20H22N4O/c1-15(2)25-18-10-8-17(9-11-18)24-20-12-19(22-14-23-20)21-13-16-6-4-3-5-7-16/h3-12,14-15H,13H2,1-2H3,(H2,21,22,23,24). The fourth-order valence-electron chi connectivity index (χ4n) is 2.35. The van der Waals surface area contributed by atoms with Gasteiger partial charge in [0.05, 0.1) is 6.10 Å². The van der Waals surface area contributed by atoms with Crippen molar-refractivity contribution >= 4 is 17.3 Å². The minimum absolute atomic E-state index is 0.166. The third-order valence-corrected chi connectivity index (χ3v) is 3.48. The van der Waals surface area contributed by atoms with Crippen LogP contribution in [-0.2, 0) is 6.54 Å². The second-order valence-electron chi connectivity index (χ2n) is 5.94. The fraction of sp³-hybridized carbons (Fsp3) is 0.200. The van der Waals surface area contributed by atoms with Gasteiger partial charge in [-0.25, -0.2) is 9.97 Å². The van der Waals surface area contributed by atoms with Crippen LogP contribution in [0, 0.1) is 0 Å². The Kier molecular flexibility index (Phi) is 5.46. The molecule has 0 amide bonds. The summed E-state index contributed by atoms with van der Waals surface area (Å²) in [5.41, 5.74) is 2.15. The maximum Gasteiger partial charge on any atom is 0.135 e. The van der Waals surface area contributed by atoms with E-state index in [1.807, 2.05) is 62.4 Å². The van der Waals surface area contributed by atoms with Crippen molar-refractivity contribution in [1.82, 2.24) is 9.97 Å². The number of nitrogens with one attached hydrogen (secondary N) is 2. The van der Waals surface area contributed by atoms with E-state index in [9.17, 15) is 0 Å². The largest absolute Gasteiger partial charge is 0.491 e. The van der Waals surface area contributed by atoms with E-state index in [1.54, 1.807) is 6.33 Å². The van der Waals surface area contributed by atoms with E-state index in [-0.39, 0.29) is 6.10 Å². The van der Waals surface area contributed by atoms with Gasteiger partial charge in [-0.2, -0.15) is 0 Å². The maximum atomic E-state index is 5.65. The van der Waals surface area contributed by atoms with Gasteiger partial charge >= 0.3 is 0 Å². The zero-order valence-corrected chi connectivity index (χ0v) is 14.4. The van der Waals surface area contributed by atoms with Gasteiger partial charge in [-0.15, -0.1) is 0 Å². The third-order valence-electron chi connectivity index (χ3n) is 3.48. The summed E-state index contributed by atoms with van der Waals surface area (Å²) in [7, 11) is 0. The first-order valence-electron chi connectivity index (χ1n) is 8.32. The Hall–Kier alpha value is -3.08. The second kappa shape index (κ2) is 8.15. The van der Waals surface area contributed by atoms with Crippen molar-refractivity contribution in [2.75, 3.05) is 10.6 Å². The molecule has 5 nitrogen and oxygen atoms in total. The van der Waals surface area contributed by atoms with E-state index < -0.39 is 0 Å². The molecule has 0 unspecified atom stereocenters. The van der Waals surface area contributed by atoms with Crippen molar-refractivity contribution in [2.45, 2.75) is 26.5 Å². The van der Waals surface area contributed by atoms with Crippen LogP contribution in [0.5, 0.6) is 5.75 Å². The van der Waals surface area contributed by atoms with Gasteiger partial charge in [0.25, 0.3) is 0 Å². The van der Waals surface area contributed by atoms with Crippen LogP contribution in [0.25, 0.3) is 0 Å². The number of benzene rings is 2. The molecule has 2 aromatic carbocycles. The normalized spacial score (nSPS) is 10.5. The summed E-state index contributed by atoms with van der Waals surface area (Å²) in [6, 6.07) is 19.9. The predicted molar refractivity (Wildman–Crippen MR) is 101 cm³/mol. The average molecular weight is 334 g/mol. The molecule has 0 aliphatic rings. The Morgan fingerprint density at radius 1 is 0.920 bits per heavy atom. The van der Waals surface area contributed by atoms with E-state index in [0.29, 0.717) is 0 Å². The first-order valence-corrected chi connectivity index (χ1v) is 8.32. The SMILES string of the molecule is CC(C)Oc1ccc(Nc2cc(NCc3ccccc3)ncn2)cc1. The van der Waals surface area contributed by atoms with Crippen molar-refractivity contribution in [1.29, 1.82) is 0 Å². The van der Waals surface area contributed by atoms with E-state index in [0.717, 1.165) is 29.6 Å². The van der Waals surface area contributed by atoms with Crippen LogP contribution >= 0.6 is 0 Å². The first kappa shape index (κ1) is 16.8. The summed E-state index contributed by atoms with van der Waals surface area (Å²) < 4.78 is 5.65. The van der Waals surface area contributed by atoms with Gasteiger partial charge in [0, 0.05) is 18.3 Å². The highest BCUT2D eigenvalue weighted by molar-refractivity contribution is 5.59. The number of anilines is 3. The van der Waals surface area contributed by atoms with Crippen molar-refractivity contribution in [2.24, 2.45) is 0 Å². The van der Waals surface area contributed by atoms with Gasteiger partial charge in [0.2, 0.25) is 0 Å². The Balaban J connectivity index is 1.61. The highest BCUT2D eigenvalue weighted by atomic mass is 16.5. The molecular formula is C20H22N4O. The number of nitrogens with zero attached hydrogens (tertiary/aromatic N) is 2. The van der Waals surface area contributed by atoms with Crippen LogP contribution in [0.4, 0.5) is 17.3 Å². The number of rotatable bonds is 7. The molecule has 2 N–H and O–H groups in total. The lowest BCUT2D eigenvalue weighted by molar-refractivity contribution is 0.242. The molecule has 0 bridgehead atoms. The summed E-state index contributed by atoms with van der Waals surface area (Å²) >= 11 is 0. The molecule has 0 fully saturated rings. The summed E-state index contributed by atoms with van der Waals surface area (Å²) in [6.07, 6.45) is 1.71. The monoisotopic (exact) mass is 334 g/mol. The van der Waals surface area contributed by atoms with E-state index in [2.05, 4.69) is 32.7 Å². The number of aromatic nitrogens is 2. The molecule has 0 radical (unpaired) electrons. The molecule has 0 saturated carbocycles. The molecule has 3 aromatic rings. The minimum Gasteiger partial charge on any atom is -0.491 e. The van der Waals surface area contributed by atoms with Gasteiger partial charge in [-0.1, -0.05) is 30.3 Å². The maximum absolute atomic E-state index is 5.65. The molecule has 0 saturated heterocycles. The molecule has 0 spiro atoms. The number of hydrogen-bond donors (Lipinski definition) is 2. The molecular weight excluding hydrogens is 312 g/mol. The Morgan fingerprint density at radius 2 is 1.64 bits per heavy atom. The molecule has 25 heavy (non-hydrogen) atoms. The molecule has 5 heteroatoms. The first-order chi connectivity index (χ1) is 12.2. The second-order valence-corrected chi connectivity index (χ2v) is 5.94. The highest BCUT2D eigenvalue weighted by Crippen LogP contribution is 2.20. The molecule has 0 atom stereocenters. The van der Waals surface area contributed by atoms with Crippen LogP contribution < -0.4 is 15.4 Å². The zero-order chi connectivity index (χ0) is 17.5. The van der Waals surface area contributed by atoms with Crippen molar-refractivity contribution < 1.29 is 4.74 Å². The van der Waals surface area contributed by atoms with Crippen LogP contribution in [0.1, 0.15) is 19.4 Å². The summed E-state index contributed by atoms with van der Waals surface area (Å²) in [5.74, 6) is 2.37. The van der Waals surface area contributed by atoms with Crippen molar-refractivity contribution in [3.8, 4) is 5.75 Å². The minimum atomic E-state index is 0.166. The lowest BCUT2D eigenvalue weighted by Crippen LogP contribution is -2.05. The Bertz CT molecular complexity index is 788.